The maximum atomic E-state index is 13.3. The van der Waals surface area contributed by atoms with Gasteiger partial charge in [-0.2, -0.15) is 13.2 Å². The van der Waals surface area contributed by atoms with Crippen LogP contribution in [0.15, 0.2) is 42.5 Å². The van der Waals surface area contributed by atoms with Crippen LogP contribution >= 0.6 is 0 Å². The molecule has 9 nitrogen and oxygen atoms in total. The number of benzene rings is 2. The third kappa shape index (κ3) is 8.64. The first-order valence-electron chi connectivity index (χ1n) is 15.9. The molecule has 0 atom stereocenters. The fourth-order valence-corrected chi connectivity index (χ4v) is 6.23. The summed E-state index contributed by atoms with van der Waals surface area (Å²) in [6.07, 6.45) is -1.85. The molecule has 2 aromatic carbocycles. The van der Waals surface area contributed by atoms with Crippen LogP contribution in [0.1, 0.15) is 64.0 Å². The van der Waals surface area contributed by atoms with Crippen LogP contribution < -0.4 is 14.4 Å². The maximum absolute atomic E-state index is 13.3. The molecule has 5 rings (SSSR count). The van der Waals surface area contributed by atoms with E-state index in [1.165, 1.54) is 6.07 Å². The van der Waals surface area contributed by atoms with Crippen molar-refractivity contribution in [3.05, 3.63) is 53.6 Å². The Hall–Kier alpha value is -3.96. The van der Waals surface area contributed by atoms with Crippen molar-refractivity contribution in [2.24, 2.45) is 0 Å². The highest BCUT2D eigenvalue weighted by molar-refractivity contribution is 5.97. The zero-order valence-electron chi connectivity index (χ0n) is 26.6. The number of carbonyl (C=O) groups excluding carboxylic acids is 3. The van der Waals surface area contributed by atoms with Gasteiger partial charge in [0.2, 0.25) is 11.8 Å². The quantitative estimate of drug-likeness (QED) is 0.372. The summed E-state index contributed by atoms with van der Waals surface area (Å²) in [6, 6.07) is 12.5. The second-order valence-corrected chi connectivity index (χ2v) is 13.1. The average molecular weight is 646 g/mol. The lowest BCUT2D eigenvalue weighted by Crippen LogP contribution is -2.50. The number of nitrogens with zero attached hydrogens (tertiary/aromatic N) is 3. The van der Waals surface area contributed by atoms with E-state index in [-0.39, 0.29) is 36.1 Å². The first-order chi connectivity index (χ1) is 21.8. The Morgan fingerprint density at radius 2 is 1.57 bits per heavy atom. The monoisotopic (exact) mass is 645 g/mol. The third-order valence-corrected chi connectivity index (χ3v) is 8.48. The zero-order valence-corrected chi connectivity index (χ0v) is 26.6. The highest BCUT2D eigenvalue weighted by Gasteiger charge is 2.34. The number of ether oxygens (including phenoxy) is 3. The summed E-state index contributed by atoms with van der Waals surface area (Å²) in [5.41, 5.74) is 1.82. The summed E-state index contributed by atoms with van der Waals surface area (Å²) >= 11 is 0. The number of amides is 3. The van der Waals surface area contributed by atoms with Crippen molar-refractivity contribution in [1.29, 1.82) is 0 Å². The molecule has 0 radical (unpaired) electrons. The molecule has 2 aromatic rings. The van der Waals surface area contributed by atoms with Gasteiger partial charge in [-0.1, -0.05) is 24.3 Å². The fraction of sp³-hybridized carbons (Fsp3) is 0.559. The summed E-state index contributed by atoms with van der Waals surface area (Å²) in [6.45, 7) is 5.65. The van der Waals surface area contributed by atoms with E-state index in [0.717, 1.165) is 17.7 Å². The molecule has 0 N–H and O–H groups in total. The largest absolute Gasteiger partial charge is 0.490 e. The topological polar surface area (TPSA) is 88.6 Å². The summed E-state index contributed by atoms with van der Waals surface area (Å²) < 4.78 is 56.0. The lowest BCUT2D eigenvalue weighted by Gasteiger charge is -2.41. The van der Waals surface area contributed by atoms with Gasteiger partial charge < -0.3 is 28.9 Å². The zero-order chi connectivity index (χ0) is 33.1. The highest BCUT2D eigenvalue weighted by Crippen LogP contribution is 2.33. The molecule has 12 heteroatoms. The molecule has 0 saturated carbocycles. The van der Waals surface area contributed by atoms with Crippen LogP contribution in [0.5, 0.6) is 11.5 Å². The van der Waals surface area contributed by atoms with Crippen molar-refractivity contribution in [3.8, 4) is 11.5 Å². The van der Waals surface area contributed by atoms with E-state index in [1.54, 1.807) is 42.7 Å². The van der Waals surface area contributed by atoms with E-state index >= 15 is 0 Å². The SMILES string of the molecule is CC(C)(C)OC(=O)N1CCC(Oc2ccc(CC(=O)N3CCC(N4C(=O)CCc5ccccc54)CC3)c(OCC(F)(F)F)c2)CC1. The molecule has 3 aliphatic rings. The van der Waals surface area contributed by atoms with Crippen LogP contribution in [0.25, 0.3) is 0 Å². The number of hydrogen-bond donors (Lipinski definition) is 0. The van der Waals surface area contributed by atoms with E-state index in [4.69, 9.17) is 14.2 Å². The molecule has 2 fully saturated rings. The normalized spacial score (nSPS) is 18.3. The van der Waals surface area contributed by atoms with E-state index in [0.29, 0.717) is 69.6 Å². The number of likely N-dealkylation sites (tertiary alicyclic amines) is 2. The van der Waals surface area contributed by atoms with Gasteiger partial charge in [0.05, 0.1) is 6.42 Å². The van der Waals surface area contributed by atoms with Gasteiger partial charge in [-0.25, -0.2) is 4.79 Å². The molecule has 3 heterocycles. The number of anilines is 1. The number of halogens is 3. The van der Waals surface area contributed by atoms with Crippen molar-refractivity contribution < 1.29 is 41.8 Å². The first-order valence-corrected chi connectivity index (χ1v) is 15.9. The van der Waals surface area contributed by atoms with Crippen LogP contribution in [0.2, 0.25) is 0 Å². The smallest absolute Gasteiger partial charge is 0.422 e. The van der Waals surface area contributed by atoms with Gasteiger partial charge in [-0.3, -0.25) is 9.59 Å². The summed E-state index contributed by atoms with van der Waals surface area (Å²) in [5.74, 6) is 0.144. The molecular weight excluding hydrogens is 603 g/mol. The molecule has 0 spiro atoms. The lowest BCUT2D eigenvalue weighted by molar-refractivity contribution is -0.153. The van der Waals surface area contributed by atoms with Crippen LogP contribution in [0.4, 0.5) is 23.7 Å². The van der Waals surface area contributed by atoms with Crippen LogP contribution in [0, 0.1) is 0 Å². The van der Waals surface area contributed by atoms with Gasteiger partial charge in [0.1, 0.15) is 23.2 Å². The molecule has 0 bridgehead atoms. The Balaban J connectivity index is 1.19. The van der Waals surface area contributed by atoms with Gasteiger partial charge in [0.15, 0.2) is 6.61 Å². The Bertz CT molecular complexity index is 1410. The Labute approximate surface area is 267 Å². The van der Waals surface area contributed by atoms with Gasteiger partial charge >= 0.3 is 12.3 Å². The number of alkyl halides is 3. The molecule has 0 unspecified atom stereocenters. The third-order valence-electron chi connectivity index (χ3n) is 8.48. The van der Waals surface area contributed by atoms with Gasteiger partial charge in [0, 0.05) is 68.8 Å². The van der Waals surface area contributed by atoms with E-state index in [9.17, 15) is 27.6 Å². The molecule has 3 aliphatic heterocycles. The standard InChI is InChI=1S/C34H42F3N3O6/c1-33(2,3)46-32(43)39-18-14-26(15-19-39)45-27-10-8-24(29(21-27)44-22-34(35,36)37)20-31(42)38-16-12-25(13-17-38)40-28-7-5-4-6-23(28)9-11-30(40)41/h4-8,10,21,25-26H,9,11-20,22H2,1-3H3. The Morgan fingerprint density at radius 1 is 0.891 bits per heavy atom. The fourth-order valence-electron chi connectivity index (χ4n) is 6.23. The number of carbonyl (C=O) groups is 3. The predicted molar refractivity (Wildman–Crippen MR) is 165 cm³/mol. The molecule has 0 aliphatic carbocycles. The predicted octanol–water partition coefficient (Wildman–Crippen LogP) is 5.92. The Kier molecular flexibility index (Phi) is 10.0. The van der Waals surface area contributed by atoms with Crippen molar-refractivity contribution in [3.63, 3.8) is 0 Å². The van der Waals surface area contributed by atoms with E-state index in [1.807, 2.05) is 29.2 Å². The van der Waals surface area contributed by atoms with E-state index in [2.05, 4.69) is 0 Å². The number of piperidine rings is 2. The second-order valence-electron chi connectivity index (χ2n) is 13.1. The van der Waals surface area contributed by atoms with Crippen LogP contribution in [0.3, 0.4) is 0 Å². The van der Waals surface area contributed by atoms with Gasteiger partial charge in [-0.05, 0) is 57.7 Å². The van der Waals surface area contributed by atoms with Crippen molar-refractivity contribution in [2.45, 2.75) is 89.6 Å². The number of rotatable bonds is 7. The summed E-state index contributed by atoms with van der Waals surface area (Å²) in [4.78, 5) is 43.7. The van der Waals surface area contributed by atoms with E-state index < -0.39 is 24.5 Å². The van der Waals surface area contributed by atoms with Crippen molar-refractivity contribution in [1.82, 2.24) is 9.80 Å². The number of para-hydroxylation sites is 1. The minimum absolute atomic E-state index is 0.0175. The number of hydrogen-bond acceptors (Lipinski definition) is 6. The molecule has 2 saturated heterocycles. The van der Waals surface area contributed by atoms with Gasteiger partial charge in [0.25, 0.3) is 0 Å². The van der Waals surface area contributed by atoms with Crippen LogP contribution in [-0.4, -0.2) is 84.4 Å². The van der Waals surface area contributed by atoms with Crippen molar-refractivity contribution in [2.75, 3.05) is 37.7 Å². The number of fused-ring (bicyclic) bond motifs is 1. The summed E-state index contributed by atoms with van der Waals surface area (Å²) in [5, 5.41) is 0. The minimum Gasteiger partial charge on any atom is -0.490 e. The average Bonchev–Trinajstić information content (AvgIpc) is 3.00. The molecule has 0 aromatic heterocycles. The lowest BCUT2D eigenvalue weighted by atomic mass is 9.95. The molecule has 3 amide bonds. The van der Waals surface area contributed by atoms with Gasteiger partial charge in [-0.15, -0.1) is 0 Å². The molecular formula is C34H42F3N3O6. The number of aryl methyl sites for hydroxylation is 1. The molecule has 250 valence electrons. The highest BCUT2D eigenvalue weighted by atomic mass is 19.4. The maximum Gasteiger partial charge on any atom is 0.422 e. The second kappa shape index (κ2) is 13.8. The van der Waals surface area contributed by atoms with Crippen molar-refractivity contribution >= 4 is 23.6 Å². The summed E-state index contributed by atoms with van der Waals surface area (Å²) in [7, 11) is 0. The Morgan fingerprint density at radius 3 is 2.24 bits per heavy atom. The minimum atomic E-state index is -4.56. The first kappa shape index (κ1) is 33.4. The van der Waals surface area contributed by atoms with Crippen LogP contribution in [-0.2, 0) is 27.2 Å². The molecule has 46 heavy (non-hydrogen) atoms.